The van der Waals surface area contributed by atoms with Crippen molar-refractivity contribution in [1.29, 1.82) is 0 Å². The molecule has 1 rings (SSSR count). The van der Waals surface area contributed by atoms with E-state index in [1.54, 1.807) is 0 Å². The number of nitrogens with one attached hydrogen (secondary N) is 1. The molecule has 126 valence electrons. The van der Waals surface area contributed by atoms with Crippen LogP contribution in [0.4, 0.5) is 0 Å². The predicted octanol–water partition coefficient (Wildman–Crippen LogP) is 4.55. The lowest BCUT2D eigenvalue weighted by Gasteiger charge is -2.48. The molecule has 0 aliphatic heterocycles. The first kappa shape index (κ1) is 19.0. The highest BCUT2D eigenvalue weighted by Crippen LogP contribution is 2.40. The third kappa shape index (κ3) is 5.56. The summed E-state index contributed by atoms with van der Waals surface area (Å²) >= 11 is 0. The number of nitrogens with zero attached hydrogens (tertiary/aromatic N) is 1. The van der Waals surface area contributed by atoms with E-state index in [1.165, 1.54) is 25.8 Å². The Bertz CT molecular complexity index is 290. The van der Waals surface area contributed by atoms with Gasteiger partial charge in [0.2, 0.25) is 0 Å². The molecule has 0 aromatic carbocycles. The van der Waals surface area contributed by atoms with Crippen molar-refractivity contribution in [3.63, 3.8) is 0 Å². The molecule has 2 heteroatoms. The maximum Gasteiger partial charge on any atom is 0.0254 e. The van der Waals surface area contributed by atoms with Crippen LogP contribution in [0.15, 0.2) is 0 Å². The Morgan fingerprint density at radius 2 is 1.71 bits per heavy atom. The topological polar surface area (TPSA) is 15.3 Å². The Kier molecular flexibility index (Phi) is 7.19. The zero-order valence-corrected chi connectivity index (χ0v) is 15.9. The van der Waals surface area contributed by atoms with Crippen molar-refractivity contribution >= 4 is 0 Å². The van der Waals surface area contributed by atoms with Crippen LogP contribution in [0.2, 0.25) is 0 Å². The molecule has 0 saturated heterocycles. The summed E-state index contributed by atoms with van der Waals surface area (Å²) in [6.45, 7) is 21.3. The maximum absolute atomic E-state index is 3.77. The van der Waals surface area contributed by atoms with E-state index in [4.69, 9.17) is 0 Å². The first-order valence-electron chi connectivity index (χ1n) is 9.15. The molecule has 3 unspecified atom stereocenters. The van der Waals surface area contributed by atoms with Gasteiger partial charge in [0.1, 0.15) is 0 Å². The molecule has 0 bridgehead atoms. The monoisotopic (exact) mass is 296 g/mol. The van der Waals surface area contributed by atoms with E-state index in [1.807, 2.05) is 0 Å². The van der Waals surface area contributed by atoms with Crippen molar-refractivity contribution in [1.82, 2.24) is 10.2 Å². The molecule has 0 amide bonds. The SMILES string of the molecule is CCNC1CCC(C(C)(C)C)CC1N(CC(C)C)C(C)C. The van der Waals surface area contributed by atoms with E-state index in [0.717, 1.165) is 18.4 Å². The van der Waals surface area contributed by atoms with Crippen molar-refractivity contribution in [2.24, 2.45) is 17.3 Å². The summed E-state index contributed by atoms with van der Waals surface area (Å²) in [5.74, 6) is 1.59. The molecule has 0 heterocycles. The summed E-state index contributed by atoms with van der Waals surface area (Å²) in [6, 6.07) is 2.01. The number of hydrogen-bond donors (Lipinski definition) is 1. The van der Waals surface area contributed by atoms with Crippen LogP contribution in [0.5, 0.6) is 0 Å². The van der Waals surface area contributed by atoms with Crippen molar-refractivity contribution in [2.75, 3.05) is 13.1 Å². The normalized spacial score (nSPS) is 27.9. The smallest absolute Gasteiger partial charge is 0.0254 e. The van der Waals surface area contributed by atoms with Gasteiger partial charge in [-0.25, -0.2) is 0 Å². The molecule has 1 saturated carbocycles. The zero-order chi connectivity index (χ0) is 16.2. The fourth-order valence-electron chi connectivity index (χ4n) is 3.95. The summed E-state index contributed by atoms with van der Waals surface area (Å²) in [5, 5.41) is 3.77. The summed E-state index contributed by atoms with van der Waals surface area (Å²) in [5.41, 5.74) is 0.440. The first-order valence-corrected chi connectivity index (χ1v) is 9.15. The number of likely N-dealkylation sites (N-methyl/N-ethyl adjacent to an activating group) is 1. The highest BCUT2D eigenvalue weighted by atomic mass is 15.2. The largest absolute Gasteiger partial charge is 0.313 e. The molecular formula is C19H40N2. The minimum absolute atomic E-state index is 0.440. The van der Waals surface area contributed by atoms with E-state index in [2.05, 4.69) is 65.6 Å². The second kappa shape index (κ2) is 7.97. The molecule has 1 aliphatic rings. The summed E-state index contributed by atoms with van der Waals surface area (Å²) < 4.78 is 0. The zero-order valence-electron chi connectivity index (χ0n) is 15.9. The van der Waals surface area contributed by atoms with Gasteiger partial charge < -0.3 is 5.32 Å². The molecule has 3 atom stereocenters. The molecule has 1 N–H and O–H groups in total. The van der Waals surface area contributed by atoms with Crippen LogP contribution in [0.25, 0.3) is 0 Å². The van der Waals surface area contributed by atoms with E-state index in [-0.39, 0.29) is 0 Å². The van der Waals surface area contributed by atoms with Gasteiger partial charge in [-0.15, -0.1) is 0 Å². The molecular weight excluding hydrogens is 256 g/mol. The van der Waals surface area contributed by atoms with E-state index < -0.39 is 0 Å². The third-order valence-corrected chi connectivity index (χ3v) is 5.17. The fraction of sp³-hybridized carbons (Fsp3) is 1.00. The lowest BCUT2D eigenvalue weighted by atomic mass is 9.69. The van der Waals surface area contributed by atoms with Gasteiger partial charge in [-0.1, -0.05) is 41.5 Å². The molecule has 0 aromatic rings. The van der Waals surface area contributed by atoms with Crippen molar-refractivity contribution in [3.8, 4) is 0 Å². The van der Waals surface area contributed by atoms with Crippen LogP contribution < -0.4 is 5.32 Å². The van der Waals surface area contributed by atoms with Gasteiger partial charge in [-0.05, 0) is 56.9 Å². The Labute approximate surface area is 134 Å². The summed E-state index contributed by atoms with van der Waals surface area (Å²) in [4.78, 5) is 2.77. The highest BCUT2D eigenvalue weighted by molar-refractivity contribution is 4.95. The van der Waals surface area contributed by atoms with Crippen molar-refractivity contribution in [3.05, 3.63) is 0 Å². The van der Waals surface area contributed by atoms with Crippen LogP contribution in [0, 0.1) is 17.3 Å². The predicted molar refractivity (Wildman–Crippen MR) is 94.7 cm³/mol. The van der Waals surface area contributed by atoms with Gasteiger partial charge in [-0.3, -0.25) is 4.90 Å². The molecule has 1 fully saturated rings. The van der Waals surface area contributed by atoms with Crippen LogP contribution in [-0.4, -0.2) is 36.1 Å². The van der Waals surface area contributed by atoms with Gasteiger partial charge in [0, 0.05) is 24.7 Å². The average molecular weight is 297 g/mol. The minimum Gasteiger partial charge on any atom is -0.313 e. The quantitative estimate of drug-likeness (QED) is 0.774. The lowest BCUT2D eigenvalue weighted by molar-refractivity contribution is 0.0340. The summed E-state index contributed by atoms with van der Waals surface area (Å²) in [6.07, 6.45) is 4.07. The van der Waals surface area contributed by atoms with Gasteiger partial charge >= 0.3 is 0 Å². The van der Waals surface area contributed by atoms with Crippen LogP contribution in [-0.2, 0) is 0 Å². The van der Waals surface area contributed by atoms with Crippen molar-refractivity contribution in [2.45, 2.75) is 92.8 Å². The van der Waals surface area contributed by atoms with Crippen LogP contribution in [0.3, 0.4) is 0 Å². The highest BCUT2D eigenvalue weighted by Gasteiger charge is 2.38. The minimum atomic E-state index is 0.440. The standard InChI is InChI=1S/C19H40N2/c1-9-20-17-11-10-16(19(6,7)8)12-18(17)21(15(4)5)13-14(2)3/h14-18,20H,9-13H2,1-8H3. The number of hydrogen-bond acceptors (Lipinski definition) is 2. The first-order chi connectivity index (χ1) is 9.66. The van der Waals surface area contributed by atoms with Crippen LogP contribution >= 0.6 is 0 Å². The second-order valence-corrected chi connectivity index (χ2v) is 8.79. The molecule has 0 radical (unpaired) electrons. The average Bonchev–Trinajstić information content (AvgIpc) is 2.35. The van der Waals surface area contributed by atoms with Crippen molar-refractivity contribution < 1.29 is 0 Å². The lowest BCUT2D eigenvalue weighted by Crippen LogP contribution is -2.57. The fourth-order valence-corrected chi connectivity index (χ4v) is 3.95. The van der Waals surface area contributed by atoms with E-state index in [0.29, 0.717) is 23.5 Å². The Balaban J connectivity index is 2.91. The molecule has 2 nitrogen and oxygen atoms in total. The Morgan fingerprint density at radius 3 is 2.14 bits per heavy atom. The molecule has 1 aliphatic carbocycles. The van der Waals surface area contributed by atoms with E-state index in [9.17, 15) is 0 Å². The number of rotatable bonds is 6. The Hall–Kier alpha value is -0.0800. The van der Waals surface area contributed by atoms with Gasteiger partial charge in [0.25, 0.3) is 0 Å². The Morgan fingerprint density at radius 1 is 1.10 bits per heavy atom. The van der Waals surface area contributed by atoms with Gasteiger partial charge in [-0.2, -0.15) is 0 Å². The van der Waals surface area contributed by atoms with Gasteiger partial charge in [0.05, 0.1) is 0 Å². The van der Waals surface area contributed by atoms with E-state index >= 15 is 0 Å². The third-order valence-electron chi connectivity index (χ3n) is 5.17. The second-order valence-electron chi connectivity index (χ2n) is 8.79. The molecule has 21 heavy (non-hydrogen) atoms. The molecule has 0 spiro atoms. The molecule has 0 aromatic heterocycles. The summed E-state index contributed by atoms with van der Waals surface area (Å²) in [7, 11) is 0. The van der Waals surface area contributed by atoms with Crippen LogP contribution in [0.1, 0.15) is 74.7 Å². The van der Waals surface area contributed by atoms with Gasteiger partial charge in [0.15, 0.2) is 0 Å². The maximum atomic E-state index is 3.77.